The standard InChI is InChI=1S/C10H17N3O2/c1-6(5-11)12-9(14)4-10-13-7(2)8(3)15-10/h6H,4-5,11H2,1-3H3,(H,12,14). The van der Waals surface area contributed by atoms with E-state index in [1.165, 1.54) is 0 Å². The summed E-state index contributed by atoms with van der Waals surface area (Å²) in [6.45, 7) is 5.95. The summed E-state index contributed by atoms with van der Waals surface area (Å²) in [5.74, 6) is 1.09. The number of aryl methyl sites for hydroxylation is 2. The molecule has 0 saturated carbocycles. The average Bonchev–Trinajstić information content (AvgIpc) is 2.45. The van der Waals surface area contributed by atoms with Gasteiger partial charge in [0.1, 0.15) is 12.2 Å². The van der Waals surface area contributed by atoms with Gasteiger partial charge < -0.3 is 15.5 Å². The lowest BCUT2D eigenvalue weighted by Gasteiger charge is -2.09. The summed E-state index contributed by atoms with van der Waals surface area (Å²) in [7, 11) is 0. The highest BCUT2D eigenvalue weighted by Crippen LogP contribution is 2.08. The molecule has 0 bridgehead atoms. The maximum atomic E-state index is 11.4. The molecule has 3 N–H and O–H groups in total. The van der Waals surface area contributed by atoms with Gasteiger partial charge in [-0.25, -0.2) is 4.98 Å². The zero-order chi connectivity index (χ0) is 11.4. The molecule has 5 heteroatoms. The summed E-state index contributed by atoms with van der Waals surface area (Å²) in [5.41, 5.74) is 6.21. The van der Waals surface area contributed by atoms with Crippen molar-refractivity contribution in [3.05, 3.63) is 17.3 Å². The van der Waals surface area contributed by atoms with Crippen molar-refractivity contribution in [2.24, 2.45) is 5.73 Å². The number of carbonyl (C=O) groups excluding carboxylic acids is 1. The van der Waals surface area contributed by atoms with E-state index in [4.69, 9.17) is 10.2 Å². The van der Waals surface area contributed by atoms with E-state index >= 15 is 0 Å². The van der Waals surface area contributed by atoms with Crippen LogP contribution in [0.2, 0.25) is 0 Å². The van der Waals surface area contributed by atoms with E-state index in [2.05, 4.69) is 10.3 Å². The molecular formula is C10H17N3O2. The fourth-order valence-corrected chi connectivity index (χ4v) is 1.14. The van der Waals surface area contributed by atoms with Crippen molar-refractivity contribution in [3.8, 4) is 0 Å². The number of hydrogen-bond donors (Lipinski definition) is 2. The van der Waals surface area contributed by atoms with E-state index in [0.717, 1.165) is 11.5 Å². The third-order valence-electron chi connectivity index (χ3n) is 2.15. The third kappa shape index (κ3) is 3.36. The molecule has 1 unspecified atom stereocenters. The van der Waals surface area contributed by atoms with Crippen molar-refractivity contribution in [2.75, 3.05) is 6.54 Å². The molecule has 1 rings (SSSR count). The van der Waals surface area contributed by atoms with E-state index in [9.17, 15) is 4.79 Å². The Balaban J connectivity index is 2.51. The van der Waals surface area contributed by atoms with Gasteiger partial charge in [0.2, 0.25) is 11.8 Å². The van der Waals surface area contributed by atoms with Gasteiger partial charge in [-0.3, -0.25) is 4.79 Å². The lowest BCUT2D eigenvalue weighted by atomic mass is 10.3. The summed E-state index contributed by atoms with van der Waals surface area (Å²) in [5, 5.41) is 2.74. The van der Waals surface area contributed by atoms with E-state index in [1.54, 1.807) is 0 Å². The monoisotopic (exact) mass is 211 g/mol. The number of nitrogens with two attached hydrogens (primary N) is 1. The van der Waals surface area contributed by atoms with Crippen molar-refractivity contribution < 1.29 is 9.21 Å². The van der Waals surface area contributed by atoms with Crippen molar-refractivity contribution in [1.29, 1.82) is 0 Å². The smallest absolute Gasteiger partial charge is 0.229 e. The lowest BCUT2D eigenvalue weighted by molar-refractivity contribution is -0.121. The number of aromatic nitrogens is 1. The highest BCUT2D eigenvalue weighted by atomic mass is 16.4. The van der Waals surface area contributed by atoms with Crippen LogP contribution in [0.3, 0.4) is 0 Å². The molecule has 0 aliphatic rings. The molecule has 0 aliphatic carbocycles. The van der Waals surface area contributed by atoms with E-state index in [1.807, 2.05) is 20.8 Å². The quantitative estimate of drug-likeness (QED) is 0.750. The number of carbonyl (C=O) groups is 1. The highest BCUT2D eigenvalue weighted by molar-refractivity contribution is 5.77. The Morgan fingerprint density at radius 2 is 2.27 bits per heavy atom. The van der Waals surface area contributed by atoms with Crippen LogP contribution in [0.5, 0.6) is 0 Å². The Labute approximate surface area is 89.1 Å². The first-order valence-electron chi connectivity index (χ1n) is 4.95. The number of amides is 1. The van der Waals surface area contributed by atoms with Crippen LogP contribution in [0.4, 0.5) is 0 Å². The molecule has 5 nitrogen and oxygen atoms in total. The normalized spacial score (nSPS) is 12.5. The molecule has 84 valence electrons. The molecule has 0 aromatic carbocycles. The Morgan fingerprint density at radius 3 is 2.73 bits per heavy atom. The first kappa shape index (κ1) is 11.7. The zero-order valence-corrected chi connectivity index (χ0v) is 9.33. The van der Waals surface area contributed by atoms with Gasteiger partial charge in [0, 0.05) is 12.6 Å². The Kier molecular flexibility index (Phi) is 3.85. The molecular weight excluding hydrogens is 194 g/mol. The van der Waals surface area contributed by atoms with Crippen LogP contribution in [-0.2, 0) is 11.2 Å². The molecule has 0 radical (unpaired) electrons. The van der Waals surface area contributed by atoms with E-state index in [-0.39, 0.29) is 18.4 Å². The largest absolute Gasteiger partial charge is 0.445 e. The number of oxazole rings is 1. The summed E-state index contributed by atoms with van der Waals surface area (Å²) in [6.07, 6.45) is 0.166. The minimum atomic E-state index is -0.116. The second kappa shape index (κ2) is 4.93. The summed E-state index contributed by atoms with van der Waals surface area (Å²) >= 11 is 0. The summed E-state index contributed by atoms with van der Waals surface area (Å²) in [6, 6.07) is -0.0188. The minimum absolute atomic E-state index is 0.0188. The Bertz CT molecular complexity index is 327. The maximum Gasteiger partial charge on any atom is 0.229 e. The van der Waals surface area contributed by atoms with Crippen molar-refractivity contribution in [3.63, 3.8) is 0 Å². The number of rotatable bonds is 4. The molecule has 1 aromatic heterocycles. The fourth-order valence-electron chi connectivity index (χ4n) is 1.14. The maximum absolute atomic E-state index is 11.4. The Hall–Kier alpha value is -1.36. The third-order valence-corrected chi connectivity index (χ3v) is 2.15. The van der Waals surface area contributed by atoms with E-state index in [0.29, 0.717) is 12.4 Å². The van der Waals surface area contributed by atoms with E-state index < -0.39 is 0 Å². The summed E-state index contributed by atoms with van der Waals surface area (Å²) < 4.78 is 5.30. The SMILES string of the molecule is Cc1nc(CC(=O)NC(C)CN)oc1C. The van der Waals surface area contributed by atoms with Crippen molar-refractivity contribution in [2.45, 2.75) is 33.2 Å². The molecule has 0 fully saturated rings. The molecule has 0 spiro atoms. The summed E-state index contributed by atoms with van der Waals surface area (Å²) in [4.78, 5) is 15.6. The Morgan fingerprint density at radius 1 is 1.60 bits per heavy atom. The molecule has 1 heterocycles. The topological polar surface area (TPSA) is 81.2 Å². The predicted molar refractivity (Wildman–Crippen MR) is 56.3 cm³/mol. The van der Waals surface area contributed by atoms with Gasteiger partial charge in [0.15, 0.2) is 0 Å². The van der Waals surface area contributed by atoms with Crippen LogP contribution in [0.25, 0.3) is 0 Å². The lowest BCUT2D eigenvalue weighted by Crippen LogP contribution is -2.38. The van der Waals surface area contributed by atoms with Crippen molar-refractivity contribution >= 4 is 5.91 Å². The van der Waals surface area contributed by atoms with Crippen LogP contribution < -0.4 is 11.1 Å². The van der Waals surface area contributed by atoms with Crippen LogP contribution in [-0.4, -0.2) is 23.5 Å². The zero-order valence-electron chi connectivity index (χ0n) is 9.33. The van der Waals surface area contributed by atoms with Crippen LogP contribution in [0, 0.1) is 13.8 Å². The van der Waals surface area contributed by atoms with Crippen molar-refractivity contribution in [1.82, 2.24) is 10.3 Å². The van der Waals surface area contributed by atoms with Crippen LogP contribution in [0.15, 0.2) is 4.42 Å². The number of nitrogens with zero attached hydrogens (tertiary/aromatic N) is 1. The molecule has 1 amide bonds. The second-order valence-corrected chi connectivity index (χ2v) is 3.63. The predicted octanol–water partition coefficient (Wildman–Crippen LogP) is 0.297. The molecule has 0 saturated heterocycles. The molecule has 1 aromatic rings. The molecule has 0 aliphatic heterocycles. The number of nitrogens with one attached hydrogen (secondary N) is 1. The van der Waals surface area contributed by atoms with Crippen LogP contribution in [0.1, 0.15) is 24.3 Å². The first-order valence-corrected chi connectivity index (χ1v) is 4.95. The van der Waals surface area contributed by atoms with Gasteiger partial charge in [-0.2, -0.15) is 0 Å². The molecule has 15 heavy (non-hydrogen) atoms. The van der Waals surface area contributed by atoms with Gasteiger partial charge in [0.05, 0.1) is 5.69 Å². The van der Waals surface area contributed by atoms with Crippen LogP contribution >= 0.6 is 0 Å². The van der Waals surface area contributed by atoms with Gasteiger partial charge in [0.25, 0.3) is 0 Å². The first-order chi connectivity index (χ1) is 7.02. The highest BCUT2D eigenvalue weighted by Gasteiger charge is 2.11. The average molecular weight is 211 g/mol. The number of hydrogen-bond acceptors (Lipinski definition) is 4. The van der Waals surface area contributed by atoms with Gasteiger partial charge >= 0.3 is 0 Å². The second-order valence-electron chi connectivity index (χ2n) is 3.63. The fraction of sp³-hybridized carbons (Fsp3) is 0.600. The van der Waals surface area contributed by atoms with Gasteiger partial charge in [-0.05, 0) is 20.8 Å². The van der Waals surface area contributed by atoms with Gasteiger partial charge in [-0.1, -0.05) is 0 Å². The molecule has 1 atom stereocenters. The van der Waals surface area contributed by atoms with Gasteiger partial charge in [-0.15, -0.1) is 0 Å². The minimum Gasteiger partial charge on any atom is -0.445 e.